The first kappa shape index (κ1) is 24.8. The second kappa shape index (κ2) is 13.0. The van der Waals surface area contributed by atoms with Gasteiger partial charge in [0.2, 0.25) is 0 Å². The molecule has 1 heterocycles. The number of guanidine groups is 1. The Bertz CT molecular complexity index is 597. The predicted molar refractivity (Wildman–Crippen MR) is 112 cm³/mol. The van der Waals surface area contributed by atoms with Gasteiger partial charge in [0.15, 0.2) is 5.96 Å². The molecule has 160 valence electrons. The third-order valence-corrected chi connectivity index (χ3v) is 3.92. The minimum absolute atomic E-state index is 0. The second-order valence-electron chi connectivity index (χ2n) is 5.98. The minimum atomic E-state index is -4.44. The van der Waals surface area contributed by atoms with Crippen LogP contribution in [0, 0.1) is 0 Å². The lowest BCUT2D eigenvalue weighted by molar-refractivity contribution is -0.138. The zero-order valence-electron chi connectivity index (χ0n) is 15.8. The number of alkyl halides is 3. The Kier molecular flexibility index (Phi) is 11.5. The van der Waals surface area contributed by atoms with Crippen molar-refractivity contribution in [3.05, 3.63) is 29.8 Å². The van der Waals surface area contributed by atoms with Crippen LogP contribution in [0.25, 0.3) is 0 Å². The van der Waals surface area contributed by atoms with Gasteiger partial charge in [0.05, 0.1) is 24.8 Å². The van der Waals surface area contributed by atoms with E-state index in [-0.39, 0.29) is 42.4 Å². The summed E-state index contributed by atoms with van der Waals surface area (Å²) in [4.78, 5) is 4.06. The van der Waals surface area contributed by atoms with Crippen molar-refractivity contribution in [1.82, 2.24) is 10.6 Å². The molecule has 1 aromatic carbocycles. The van der Waals surface area contributed by atoms with Gasteiger partial charge < -0.3 is 24.8 Å². The number of nitrogens with one attached hydrogen (secondary N) is 2. The molecule has 2 rings (SSSR count). The predicted octanol–water partition coefficient (Wildman–Crippen LogP) is 3.06. The van der Waals surface area contributed by atoms with Gasteiger partial charge in [-0.3, -0.25) is 4.99 Å². The molecule has 0 spiro atoms. The number of aliphatic imine (C=N–C) groups is 1. The van der Waals surface area contributed by atoms with Crippen molar-refractivity contribution < 1.29 is 27.4 Å². The van der Waals surface area contributed by atoms with Crippen molar-refractivity contribution in [3.63, 3.8) is 0 Å². The SMILES string of the molecule is CN=C(NCCCOC1CCOC1)NCCOc1ccccc1C(F)(F)F.I. The molecule has 0 radical (unpaired) electrons. The van der Waals surface area contributed by atoms with E-state index in [1.54, 1.807) is 7.05 Å². The van der Waals surface area contributed by atoms with Crippen LogP contribution in [0.2, 0.25) is 0 Å². The van der Waals surface area contributed by atoms with Crippen LogP contribution in [0.3, 0.4) is 0 Å². The molecule has 1 saturated heterocycles. The quantitative estimate of drug-likeness (QED) is 0.228. The van der Waals surface area contributed by atoms with Crippen molar-refractivity contribution in [2.24, 2.45) is 4.99 Å². The van der Waals surface area contributed by atoms with E-state index < -0.39 is 11.7 Å². The van der Waals surface area contributed by atoms with Crippen molar-refractivity contribution in [3.8, 4) is 5.75 Å². The number of hydrogen-bond acceptors (Lipinski definition) is 4. The Labute approximate surface area is 180 Å². The minimum Gasteiger partial charge on any atom is -0.491 e. The first-order chi connectivity index (χ1) is 13.0. The molecule has 6 nitrogen and oxygen atoms in total. The molecule has 2 N–H and O–H groups in total. The molecule has 0 bridgehead atoms. The fourth-order valence-corrected chi connectivity index (χ4v) is 2.55. The van der Waals surface area contributed by atoms with Gasteiger partial charge in [0, 0.05) is 26.8 Å². The maximum Gasteiger partial charge on any atom is 0.419 e. The van der Waals surface area contributed by atoms with Crippen LogP contribution in [0.15, 0.2) is 29.3 Å². The Morgan fingerprint density at radius 2 is 1.96 bits per heavy atom. The second-order valence-corrected chi connectivity index (χ2v) is 5.98. The van der Waals surface area contributed by atoms with E-state index in [0.29, 0.717) is 32.3 Å². The Balaban J connectivity index is 0.00000392. The van der Waals surface area contributed by atoms with Crippen molar-refractivity contribution in [2.75, 3.05) is 46.6 Å². The van der Waals surface area contributed by atoms with Crippen molar-refractivity contribution in [1.29, 1.82) is 0 Å². The molecule has 1 aromatic rings. The lowest BCUT2D eigenvalue weighted by Gasteiger charge is -2.15. The maximum absolute atomic E-state index is 12.9. The van der Waals surface area contributed by atoms with Crippen LogP contribution in [0.4, 0.5) is 13.2 Å². The zero-order valence-corrected chi connectivity index (χ0v) is 18.1. The number of halogens is 4. The maximum atomic E-state index is 12.9. The van der Waals surface area contributed by atoms with Crippen LogP contribution in [0.5, 0.6) is 5.75 Å². The monoisotopic (exact) mass is 517 g/mol. The van der Waals surface area contributed by atoms with Crippen LogP contribution in [0.1, 0.15) is 18.4 Å². The van der Waals surface area contributed by atoms with E-state index in [1.807, 2.05) is 0 Å². The summed E-state index contributed by atoms with van der Waals surface area (Å²) in [6.07, 6.45) is -2.49. The van der Waals surface area contributed by atoms with Gasteiger partial charge in [-0.15, -0.1) is 24.0 Å². The van der Waals surface area contributed by atoms with Crippen LogP contribution < -0.4 is 15.4 Å². The molecule has 28 heavy (non-hydrogen) atoms. The zero-order chi connectivity index (χ0) is 19.5. The molecule has 1 unspecified atom stereocenters. The molecule has 1 aliphatic heterocycles. The molecule has 10 heteroatoms. The summed E-state index contributed by atoms with van der Waals surface area (Å²) in [5, 5.41) is 6.12. The largest absolute Gasteiger partial charge is 0.491 e. The standard InChI is InChI=1S/C18H26F3N3O3.HI/c1-22-17(23-8-4-10-26-14-7-11-25-13-14)24-9-12-27-16-6-3-2-5-15(16)18(19,20)21;/h2-3,5-6,14H,4,7-13H2,1H3,(H2,22,23,24);1H. The number of nitrogens with zero attached hydrogens (tertiary/aromatic N) is 1. The molecule has 0 saturated carbocycles. The van der Waals surface area contributed by atoms with E-state index >= 15 is 0 Å². The lowest BCUT2D eigenvalue weighted by Crippen LogP contribution is -2.40. The van der Waals surface area contributed by atoms with Crippen molar-refractivity contribution >= 4 is 29.9 Å². The van der Waals surface area contributed by atoms with Gasteiger partial charge >= 0.3 is 6.18 Å². The molecule has 1 atom stereocenters. The highest BCUT2D eigenvalue weighted by Crippen LogP contribution is 2.35. The Hall–Kier alpha value is -1.27. The Morgan fingerprint density at radius 1 is 1.21 bits per heavy atom. The highest BCUT2D eigenvalue weighted by atomic mass is 127. The molecule has 1 fully saturated rings. The van der Waals surface area contributed by atoms with Crippen LogP contribution in [-0.4, -0.2) is 58.6 Å². The van der Waals surface area contributed by atoms with Crippen molar-refractivity contribution in [2.45, 2.75) is 25.1 Å². The third-order valence-electron chi connectivity index (χ3n) is 3.92. The third kappa shape index (κ3) is 8.82. The highest BCUT2D eigenvalue weighted by Gasteiger charge is 2.33. The lowest BCUT2D eigenvalue weighted by atomic mass is 10.2. The molecule has 0 aromatic heterocycles. The number of rotatable bonds is 9. The molecular weight excluding hydrogens is 490 g/mol. The van der Waals surface area contributed by atoms with E-state index in [0.717, 1.165) is 25.5 Å². The van der Waals surface area contributed by atoms with E-state index in [4.69, 9.17) is 14.2 Å². The van der Waals surface area contributed by atoms with Gasteiger partial charge in [0.1, 0.15) is 12.4 Å². The smallest absolute Gasteiger partial charge is 0.419 e. The fraction of sp³-hybridized carbons (Fsp3) is 0.611. The normalized spacial score (nSPS) is 17.1. The van der Waals surface area contributed by atoms with Gasteiger partial charge in [0.25, 0.3) is 0 Å². The average molecular weight is 517 g/mol. The van der Waals surface area contributed by atoms with E-state index in [2.05, 4.69) is 15.6 Å². The summed E-state index contributed by atoms with van der Waals surface area (Å²) in [7, 11) is 1.63. The summed E-state index contributed by atoms with van der Waals surface area (Å²) in [5.41, 5.74) is -0.778. The Morgan fingerprint density at radius 3 is 2.64 bits per heavy atom. The summed E-state index contributed by atoms with van der Waals surface area (Å²) < 4.78 is 54.9. The topological polar surface area (TPSA) is 64.1 Å². The number of hydrogen-bond donors (Lipinski definition) is 2. The molecular formula is C18H27F3IN3O3. The van der Waals surface area contributed by atoms with Gasteiger partial charge in [-0.25, -0.2) is 0 Å². The summed E-state index contributed by atoms with van der Waals surface area (Å²) in [5.74, 6) is 0.384. The summed E-state index contributed by atoms with van der Waals surface area (Å²) in [6, 6.07) is 5.16. The number of ether oxygens (including phenoxy) is 3. The molecule has 0 amide bonds. The average Bonchev–Trinajstić information content (AvgIpc) is 3.16. The van der Waals surface area contributed by atoms with Gasteiger partial charge in [-0.2, -0.15) is 13.2 Å². The van der Waals surface area contributed by atoms with E-state index in [9.17, 15) is 13.2 Å². The number of benzene rings is 1. The van der Waals surface area contributed by atoms with E-state index in [1.165, 1.54) is 18.2 Å². The molecule has 0 aliphatic carbocycles. The van der Waals surface area contributed by atoms with Crippen LogP contribution >= 0.6 is 24.0 Å². The van der Waals surface area contributed by atoms with Crippen LogP contribution in [-0.2, 0) is 15.7 Å². The first-order valence-electron chi connectivity index (χ1n) is 8.93. The van der Waals surface area contributed by atoms with Gasteiger partial charge in [-0.1, -0.05) is 12.1 Å². The fourth-order valence-electron chi connectivity index (χ4n) is 2.55. The highest BCUT2D eigenvalue weighted by molar-refractivity contribution is 14.0. The number of para-hydroxylation sites is 1. The first-order valence-corrected chi connectivity index (χ1v) is 8.93. The summed E-state index contributed by atoms with van der Waals surface area (Å²) in [6.45, 7) is 3.13. The van der Waals surface area contributed by atoms with Gasteiger partial charge in [-0.05, 0) is 25.0 Å². The molecule has 1 aliphatic rings. The summed E-state index contributed by atoms with van der Waals surface area (Å²) >= 11 is 0.